The Morgan fingerprint density at radius 2 is 1.68 bits per heavy atom. The van der Waals surface area contributed by atoms with Gasteiger partial charge < -0.3 is 10.1 Å². The van der Waals surface area contributed by atoms with Crippen molar-refractivity contribution >= 4 is 43.2 Å². The molecule has 0 unspecified atom stereocenters. The predicted octanol–water partition coefficient (Wildman–Crippen LogP) is 4.63. The smallest absolute Gasteiger partial charge is 0.264 e. The molecule has 0 aromatic heterocycles. The Morgan fingerprint density at radius 3 is 2.43 bits per heavy atom. The maximum absolute atomic E-state index is 13.1. The van der Waals surface area contributed by atoms with E-state index in [-0.39, 0.29) is 10.5 Å². The van der Waals surface area contributed by atoms with Crippen LogP contribution in [0.25, 0.3) is 0 Å². The van der Waals surface area contributed by atoms with Crippen molar-refractivity contribution in [2.75, 3.05) is 16.7 Å². The van der Waals surface area contributed by atoms with Crippen LogP contribution in [0.5, 0.6) is 11.5 Å². The lowest BCUT2D eigenvalue weighted by Gasteiger charge is -2.20. The average molecular weight is 459 g/mol. The highest BCUT2D eigenvalue weighted by Crippen LogP contribution is 2.36. The van der Waals surface area contributed by atoms with Crippen molar-refractivity contribution in [3.8, 4) is 11.5 Å². The molecule has 0 spiro atoms. The highest BCUT2D eigenvalue weighted by Gasteiger charge is 2.26. The lowest BCUT2D eigenvalue weighted by atomic mass is 10.2. The molecule has 0 aliphatic carbocycles. The maximum Gasteiger partial charge on any atom is 0.264 e. The van der Waals surface area contributed by atoms with E-state index >= 15 is 0 Å². The van der Waals surface area contributed by atoms with Crippen molar-refractivity contribution < 1.29 is 17.9 Å². The van der Waals surface area contributed by atoms with Gasteiger partial charge in [-0.05, 0) is 54.6 Å². The number of anilines is 2. The molecule has 142 valence electrons. The molecule has 0 saturated carbocycles. The number of rotatable bonds is 3. The molecular formula is C20H15BrN2O4S. The minimum Gasteiger partial charge on any atom is -0.454 e. The van der Waals surface area contributed by atoms with Crippen LogP contribution < -0.4 is 14.4 Å². The number of nitrogens with one attached hydrogen (secondary N) is 1. The Balaban J connectivity index is 1.73. The average Bonchev–Trinajstić information content (AvgIpc) is 2.83. The van der Waals surface area contributed by atoms with Crippen LogP contribution in [-0.4, -0.2) is 21.4 Å². The first-order chi connectivity index (χ1) is 13.4. The summed E-state index contributed by atoms with van der Waals surface area (Å²) in [6.07, 6.45) is 0. The third-order valence-corrected chi connectivity index (χ3v) is 6.71. The summed E-state index contributed by atoms with van der Waals surface area (Å²) < 4.78 is 33.9. The number of sulfonamides is 1. The number of fused-ring (bicyclic) bond motifs is 2. The zero-order chi connectivity index (χ0) is 19.9. The standard InChI is InChI=1S/C20H15BrN2O4S/c1-23(14-8-6-13(21)7-9-14)28(25,26)15-10-11-18-16(12-15)20(24)22-17-4-2-3-5-19(17)27-18/h2-12H,1H3,(H,22,24). The van der Waals surface area contributed by atoms with Gasteiger partial charge in [-0.3, -0.25) is 9.10 Å². The number of hydrogen-bond acceptors (Lipinski definition) is 4. The van der Waals surface area contributed by atoms with Gasteiger partial charge in [0.15, 0.2) is 5.75 Å². The summed E-state index contributed by atoms with van der Waals surface area (Å²) in [5, 5.41) is 2.75. The fraction of sp³-hybridized carbons (Fsp3) is 0.0500. The largest absolute Gasteiger partial charge is 0.454 e. The summed E-state index contributed by atoms with van der Waals surface area (Å²) >= 11 is 3.33. The molecule has 0 saturated heterocycles. The monoisotopic (exact) mass is 458 g/mol. The van der Waals surface area contributed by atoms with E-state index in [0.29, 0.717) is 22.9 Å². The van der Waals surface area contributed by atoms with Crippen LogP contribution in [0, 0.1) is 0 Å². The molecule has 4 rings (SSSR count). The van der Waals surface area contributed by atoms with Crippen LogP contribution in [0.2, 0.25) is 0 Å². The third kappa shape index (κ3) is 3.25. The molecule has 0 radical (unpaired) electrons. The van der Waals surface area contributed by atoms with Crippen molar-refractivity contribution in [2.24, 2.45) is 0 Å². The number of hydrogen-bond donors (Lipinski definition) is 1. The van der Waals surface area contributed by atoms with Gasteiger partial charge in [0.25, 0.3) is 15.9 Å². The number of benzene rings is 3. The summed E-state index contributed by atoms with van der Waals surface area (Å²) in [5.74, 6) is 0.369. The highest BCUT2D eigenvalue weighted by molar-refractivity contribution is 9.10. The van der Waals surface area contributed by atoms with Crippen LogP contribution in [0.15, 0.2) is 76.1 Å². The lowest BCUT2D eigenvalue weighted by Crippen LogP contribution is -2.26. The lowest BCUT2D eigenvalue weighted by molar-refractivity contribution is 0.102. The molecule has 1 aliphatic rings. The Kier molecular flexibility index (Phi) is 4.60. The van der Waals surface area contributed by atoms with Gasteiger partial charge in [-0.2, -0.15) is 0 Å². The Bertz CT molecular complexity index is 1180. The van der Waals surface area contributed by atoms with Crippen molar-refractivity contribution in [1.29, 1.82) is 0 Å². The van der Waals surface area contributed by atoms with E-state index in [9.17, 15) is 13.2 Å². The van der Waals surface area contributed by atoms with E-state index in [4.69, 9.17) is 4.74 Å². The summed E-state index contributed by atoms with van der Waals surface area (Å²) in [6, 6.07) is 18.2. The Hall–Kier alpha value is -2.84. The number of ether oxygens (including phenoxy) is 1. The number of para-hydroxylation sites is 2. The van der Waals surface area contributed by atoms with Crippen LogP contribution >= 0.6 is 15.9 Å². The van der Waals surface area contributed by atoms with E-state index in [1.807, 2.05) is 0 Å². The highest BCUT2D eigenvalue weighted by atomic mass is 79.9. The van der Waals surface area contributed by atoms with Gasteiger partial charge in [0.2, 0.25) is 0 Å². The molecule has 1 amide bonds. The SMILES string of the molecule is CN(c1ccc(Br)cc1)S(=O)(=O)c1ccc2c(c1)C(=O)Nc1ccccc1O2. The Morgan fingerprint density at radius 1 is 0.964 bits per heavy atom. The van der Waals surface area contributed by atoms with Crippen molar-refractivity contribution in [3.05, 3.63) is 76.8 Å². The van der Waals surface area contributed by atoms with E-state index < -0.39 is 15.9 Å². The van der Waals surface area contributed by atoms with Crippen molar-refractivity contribution in [2.45, 2.75) is 4.90 Å². The van der Waals surface area contributed by atoms with Crippen LogP contribution in [0.1, 0.15) is 10.4 Å². The molecule has 0 atom stereocenters. The molecule has 1 N–H and O–H groups in total. The molecule has 0 bridgehead atoms. The third-order valence-electron chi connectivity index (χ3n) is 4.40. The first kappa shape index (κ1) is 18.5. The fourth-order valence-corrected chi connectivity index (χ4v) is 4.34. The quantitative estimate of drug-likeness (QED) is 0.620. The summed E-state index contributed by atoms with van der Waals surface area (Å²) in [5.41, 5.74) is 1.19. The van der Waals surface area contributed by atoms with Crippen molar-refractivity contribution in [1.82, 2.24) is 0 Å². The van der Waals surface area contributed by atoms with Gasteiger partial charge >= 0.3 is 0 Å². The summed E-state index contributed by atoms with van der Waals surface area (Å²) in [4.78, 5) is 12.6. The van der Waals surface area contributed by atoms with Gasteiger partial charge in [-0.15, -0.1) is 0 Å². The second kappa shape index (κ2) is 6.96. The normalized spacial score (nSPS) is 12.9. The number of halogens is 1. The van der Waals surface area contributed by atoms with Crippen molar-refractivity contribution in [3.63, 3.8) is 0 Å². The summed E-state index contributed by atoms with van der Waals surface area (Å²) in [7, 11) is -2.39. The van der Waals surface area contributed by atoms with E-state index in [2.05, 4.69) is 21.2 Å². The first-order valence-electron chi connectivity index (χ1n) is 8.33. The number of nitrogens with zero attached hydrogens (tertiary/aromatic N) is 1. The van der Waals surface area contributed by atoms with Gasteiger partial charge in [0.1, 0.15) is 5.75 Å². The second-order valence-electron chi connectivity index (χ2n) is 6.16. The van der Waals surface area contributed by atoms with Gasteiger partial charge in [0, 0.05) is 11.5 Å². The van der Waals surface area contributed by atoms with Gasteiger partial charge in [-0.25, -0.2) is 8.42 Å². The second-order valence-corrected chi connectivity index (χ2v) is 9.04. The minimum absolute atomic E-state index is 0.00127. The Labute approximate surface area is 170 Å². The molecule has 3 aromatic rings. The van der Waals surface area contributed by atoms with E-state index in [0.717, 1.165) is 4.47 Å². The van der Waals surface area contributed by atoms with Gasteiger partial charge in [0.05, 0.1) is 21.8 Å². The van der Waals surface area contributed by atoms with Crippen LogP contribution in [0.3, 0.4) is 0 Å². The fourth-order valence-electron chi connectivity index (χ4n) is 2.85. The molecule has 1 aliphatic heterocycles. The van der Waals surface area contributed by atoms with Gasteiger partial charge in [-0.1, -0.05) is 28.1 Å². The summed E-state index contributed by atoms with van der Waals surface area (Å²) in [6.45, 7) is 0. The van der Waals surface area contributed by atoms with Crippen LogP contribution in [0.4, 0.5) is 11.4 Å². The molecule has 8 heteroatoms. The molecular weight excluding hydrogens is 444 g/mol. The minimum atomic E-state index is -3.86. The first-order valence-corrected chi connectivity index (χ1v) is 10.6. The van der Waals surface area contributed by atoms with E-state index in [1.54, 1.807) is 48.5 Å². The molecule has 6 nitrogen and oxygen atoms in total. The molecule has 0 fully saturated rings. The number of carbonyl (C=O) groups excluding carboxylic acids is 1. The van der Waals surface area contributed by atoms with E-state index in [1.165, 1.54) is 29.6 Å². The topological polar surface area (TPSA) is 75.7 Å². The maximum atomic E-state index is 13.1. The molecule has 3 aromatic carbocycles. The molecule has 1 heterocycles. The zero-order valence-corrected chi connectivity index (χ0v) is 17.1. The number of amides is 1. The molecule has 28 heavy (non-hydrogen) atoms. The zero-order valence-electron chi connectivity index (χ0n) is 14.7. The predicted molar refractivity (Wildman–Crippen MR) is 111 cm³/mol. The van der Waals surface area contributed by atoms with Crippen LogP contribution in [-0.2, 0) is 10.0 Å². The number of carbonyl (C=O) groups is 1.